The first-order valence-corrected chi connectivity index (χ1v) is 6.90. The smallest absolute Gasteiger partial charge is 0.328 e. The Morgan fingerprint density at radius 3 is 2.50 bits per heavy atom. The topological polar surface area (TPSA) is 124 Å². The summed E-state index contributed by atoms with van der Waals surface area (Å²) >= 11 is 0. The highest BCUT2D eigenvalue weighted by molar-refractivity contribution is 5.84. The van der Waals surface area contributed by atoms with Crippen LogP contribution in [-0.2, 0) is 14.3 Å². The number of rotatable bonds is 3. The lowest BCUT2D eigenvalue weighted by molar-refractivity contribution is -0.196. The number of hydrogen-bond acceptors (Lipinski definition) is 6. The monoisotopic (exact) mass is 312 g/mol. The zero-order chi connectivity index (χ0) is 16.9. The largest absolute Gasteiger partial charge is 0.478 e. The Kier molecular flexibility index (Phi) is 3.72. The van der Waals surface area contributed by atoms with Crippen LogP contribution in [0.3, 0.4) is 0 Å². The van der Waals surface area contributed by atoms with Gasteiger partial charge in [0.1, 0.15) is 16.6 Å². The van der Waals surface area contributed by atoms with Gasteiger partial charge in [-0.15, -0.1) is 0 Å². The van der Waals surface area contributed by atoms with Crippen molar-refractivity contribution in [2.75, 3.05) is 0 Å². The molecule has 1 aliphatic carbocycles. The summed E-state index contributed by atoms with van der Waals surface area (Å²) in [5, 5.41) is 39.9. The molecule has 2 bridgehead atoms. The average Bonchev–Trinajstić information content (AvgIpc) is 2.49. The molecule has 7 heteroatoms. The van der Waals surface area contributed by atoms with E-state index < -0.39 is 40.8 Å². The van der Waals surface area contributed by atoms with Gasteiger partial charge in [0.15, 0.2) is 0 Å². The van der Waals surface area contributed by atoms with Crippen molar-refractivity contribution in [2.45, 2.75) is 50.6 Å². The Morgan fingerprint density at radius 1 is 1.36 bits per heavy atom. The number of esters is 1. The number of carbonyl (C=O) groups excluding carboxylic acids is 1. The second kappa shape index (κ2) is 4.91. The maximum Gasteiger partial charge on any atom is 0.328 e. The molecule has 1 heterocycles. The first kappa shape index (κ1) is 16.7. The highest BCUT2D eigenvalue weighted by atomic mass is 16.6. The minimum absolute atomic E-state index is 0.127. The highest BCUT2D eigenvalue weighted by Crippen LogP contribution is 2.58. The normalized spacial score (nSPS) is 45.2. The summed E-state index contributed by atoms with van der Waals surface area (Å²) in [6.07, 6.45) is 0.750. The van der Waals surface area contributed by atoms with Gasteiger partial charge in [-0.05, 0) is 32.4 Å². The first-order valence-electron chi connectivity index (χ1n) is 6.90. The Labute approximate surface area is 127 Å². The molecular weight excluding hydrogens is 292 g/mol. The van der Waals surface area contributed by atoms with Crippen LogP contribution in [0.2, 0.25) is 0 Å². The molecule has 4 N–H and O–H groups in total. The van der Waals surface area contributed by atoms with E-state index in [0.29, 0.717) is 5.57 Å². The van der Waals surface area contributed by atoms with Gasteiger partial charge in [-0.1, -0.05) is 6.08 Å². The predicted molar refractivity (Wildman–Crippen MR) is 74.7 cm³/mol. The standard InChI is InChI=1S/C15H20O7/c1-8(6-10(17)18)4-5-15(21)13(2)7-9(16)11(19)14(15,3)12(20)22-13/h4-6,9,11,16,19,21H,7H2,1-3H3,(H,17,18)/b5-4+,8-6-/t9-,11+,13-,14-,15-/m0/s1. The van der Waals surface area contributed by atoms with Crippen molar-refractivity contribution in [1.29, 1.82) is 0 Å². The third-order valence-electron chi connectivity index (χ3n) is 4.83. The van der Waals surface area contributed by atoms with Crippen molar-refractivity contribution in [1.82, 2.24) is 0 Å². The summed E-state index contributed by atoms with van der Waals surface area (Å²) in [5.41, 5.74) is -4.67. The van der Waals surface area contributed by atoms with E-state index in [1.54, 1.807) is 0 Å². The minimum atomic E-state index is -1.87. The number of carboxylic acids is 1. The van der Waals surface area contributed by atoms with Gasteiger partial charge in [0.25, 0.3) is 0 Å². The second-order valence-corrected chi connectivity index (χ2v) is 6.37. The number of fused-ring (bicyclic) bond motifs is 2. The van der Waals surface area contributed by atoms with Crippen molar-refractivity contribution in [3.8, 4) is 0 Å². The Bertz CT molecular complexity index is 580. The van der Waals surface area contributed by atoms with Crippen LogP contribution in [-0.4, -0.2) is 55.8 Å². The van der Waals surface area contributed by atoms with Crippen LogP contribution in [0.4, 0.5) is 0 Å². The first-order chi connectivity index (χ1) is 9.98. The molecule has 0 amide bonds. The van der Waals surface area contributed by atoms with Crippen molar-refractivity contribution >= 4 is 11.9 Å². The quantitative estimate of drug-likeness (QED) is 0.322. The number of aliphatic carboxylic acids is 1. The lowest BCUT2D eigenvalue weighted by atomic mass is 9.57. The van der Waals surface area contributed by atoms with Crippen molar-refractivity contribution in [3.63, 3.8) is 0 Å². The van der Waals surface area contributed by atoms with Crippen molar-refractivity contribution in [3.05, 3.63) is 23.8 Å². The molecule has 2 fully saturated rings. The number of allylic oxidation sites excluding steroid dienone is 2. The van der Waals surface area contributed by atoms with Crippen LogP contribution >= 0.6 is 0 Å². The Hall–Kier alpha value is -1.70. The van der Waals surface area contributed by atoms with Crippen LogP contribution in [0, 0.1) is 5.41 Å². The predicted octanol–water partition coefficient (Wildman–Crippen LogP) is -0.248. The van der Waals surface area contributed by atoms with Gasteiger partial charge in [0, 0.05) is 12.5 Å². The third kappa shape index (κ3) is 2.00. The number of aliphatic hydroxyl groups excluding tert-OH is 2. The Morgan fingerprint density at radius 2 is 1.95 bits per heavy atom. The Balaban J connectivity index is 2.50. The summed E-state index contributed by atoms with van der Waals surface area (Å²) in [5.74, 6) is -1.94. The average molecular weight is 312 g/mol. The minimum Gasteiger partial charge on any atom is -0.478 e. The van der Waals surface area contributed by atoms with Crippen LogP contribution < -0.4 is 0 Å². The fourth-order valence-electron chi connectivity index (χ4n) is 3.38. The van der Waals surface area contributed by atoms with Gasteiger partial charge < -0.3 is 25.2 Å². The van der Waals surface area contributed by atoms with Crippen LogP contribution in [0.25, 0.3) is 0 Å². The van der Waals surface area contributed by atoms with Crippen molar-refractivity contribution < 1.29 is 34.8 Å². The fourth-order valence-corrected chi connectivity index (χ4v) is 3.38. The van der Waals surface area contributed by atoms with E-state index in [0.717, 1.165) is 6.08 Å². The summed E-state index contributed by atoms with van der Waals surface area (Å²) < 4.78 is 5.25. The number of aliphatic hydroxyl groups is 3. The molecule has 0 aromatic carbocycles. The second-order valence-electron chi connectivity index (χ2n) is 6.37. The fraction of sp³-hybridized carbons (Fsp3) is 0.600. The van der Waals surface area contributed by atoms with Gasteiger partial charge in [-0.2, -0.15) is 0 Å². The lowest BCUT2D eigenvalue weighted by Crippen LogP contribution is -2.67. The SMILES string of the molecule is CC(=C/C(=O)O)/C=C/[C@]1(O)[C@]2(C)C[C@H](O)[C@@H](O)[C@@]1(C)C(=O)O2. The van der Waals surface area contributed by atoms with Gasteiger partial charge >= 0.3 is 11.9 Å². The van der Waals surface area contributed by atoms with E-state index in [4.69, 9.17) is 9.84 Å². The molecular formula is C15H20O7. The number of ether oxygens (including phenoxy) is 1. The van der Waals surface area contributed by atoms with Gasteiger partial charge in [-0.3, -0.25) is 4.79 Å². The van der Waals surface area contributed by atoms with Crippen LogP contribution in [0.15, 0.2) is 23.8 Å². The van der Waals surface area contributed by atoms with Gasteiger partial charge in [0.05, 0.1) is 12.2 Å². The molecule has 0 radical (unpaired) electrons. The maximum absolute atomic E-state index is 12.2. The molecule has 122 valence electrons. The molecule has 22 heavy (non-hydrogen) atoms. The van der Waals surface area contributed by atoms with Crippen molar-refractivity contribution in [2.24, 2.45) is 5.41 Å². The van der Waals surface area contributed by atoms with E-state index in [-0.39, 0.29) is 6.42 Å². The summed E-state index contributed by atoms with van der Waals surface area (Å²) in [6, 6.07) is 0. The molecule has 1 saturated carbocycles. The van der Waals surface area contributed by atoms with E-state index in [1.807, 2.05) is 0 Å². The molecule has 2 aliphatic rings. The zero-order valence-corrected chi connectivity index (χ0v) is 12.6. The van der Waals surface area contributed by atoms with E-state index in [2.05, 4.69) is 0 Å². The lowest BCUT2D eigenvalue weighted by Gasteiger charge is -2.49. The highest BCUT2D eigenvalue weighted by Gasteiger charge is 2.76. The summed E-state index contributed by atoms with van der Waals surface area (Å²) in [7, 11) is 0. The van der Waals surface area contributed by atoms with Gasteiger partial charge in [-0.25, -0.2) is 4.79 Å². The van der Waals surface area contributed by atoms with E-state index in [9.17, 15) is 24.9 Å². The van der Waals surface area contributed by atoms with E-state index in [1.165, 1.54) is 32.9 Å². The molecule has 0 aromatic rings. The number of carbonyl (C=O) groups is 2. The molecule has 0 unspecified atom stereocenters. The number of carboxylic acid groups (broad SMARTS) is 1. The number of hydrogen-bond donors (Lipinski definition) is 4. The van der Waals surface area contributed by atoms with Crippen LogP contribution in [0.1, 0.15) is 27.2 Å². The molecule has 1 saturated heterocycles. The summed E-state index contributed by atoms with van der Waals surface area (Å²) in [6.45, 7) is 4.33. The van der Waals surface area contributed by atoms with Gasteiger partial charge in [0.2, 0.25) is 0 Å². The van der Waals surface area contributed by atoms with Crippen LogP contribution in [0.5, 0.6) is 0 Å². The molecule has 7 nitrogen and oxygen atoms in total. The molecule has 0 spiro atoms. The van der Waals surface area contributed by atoms with E-state index >= 15 is 0 Å². The molecule has 1 aliphatic heterocycles. The molecule has 5 atom stereocenters. The zero-order valence-electron chi connectivity index (χ0n) is 12.6. The third-order valence-corrected chi connectivity index (χ3v) is 4.83. The molecule has 2 rings (SSSR count). The summed E-state index contributed by atoms with van der Waals surface area (Å²) in [4.78, 5) is 22.8. The molecule has 0 aromatic heterocycles. The maximum atomic E-state index is 12.2.